The standard InChI is InChI=1S/C51H32N4O/c1-4-14-33(15-5-1)36-20-12-21-37(30-36)50-52-49(35-18-8-3-9-19-35)53-51(54-50)38-26-28-41-43-32-39(27-29-46(43)56-47(41)31-38)55-44-24-11-10-22-42(44)48-40(23-13-25-45(48)55)34-16-6-2-7-17-34/h1-32H. The van der Waals surface area contributed by atoms with Crippen molar-refractivity contribution in [3.05, 3.63) is 194 Å². The fourth-order valence-electron chi connectivity index (χ4n) is 8.02. The maximum absolute atomic E-state index is 6.55. The predicted molar refractivity (Wildman–Crippen MR) is 229 cm³/mol. The number of rotatable bonds is 6. The Morgan fingerprint density at radius 1 is 0.339 bits per heavy atom. The average molecular weight is 717 g/mol. The van der Waals surface area contributed by atoms with E-state index in [0.717, 1.165) is 66.5 Å². The van der Waals surface area contributed by atoms with Crippen LogP contribution >= 0.6 is 0 Å². The normalized spacial score (nSPS) is 11.6. The van der Waals surface area contributed by atoms with Crippen LogP contribution in [0.15, 0.2) is 199 Å². The molecule has 3 heterocycles. The van der Waals surface area contributed by atoms with Crippen LogP contribution in [0.1, 0.15) is 0 Å². The zero-order valence-electron chi connectivity index (χ0n) is 30.2. The number of furan rings is 1. The molecule has 8 aromatic carbocycles. The van der Waals surface area contributed by atoms with Crippen molar-refractivity contribution in [2.45, 2.75) is 0 Å². The molecule has 11 aromatic rings. The first kappa shape index (κ1) is 31.9. The van der Waals surface area contributed by atoms with E-state index in [9.17, 15) is 0 Å². The van der Waals surface area contributed by atoms with E-state index in [0.29, 0.717) is 17.5 Å². The minimum atomic E-state index is 0.585. The fourth-order valence-corrected chi connectivity index (χ4v) is 8.02. The molecule has 0 atom stereocenters. The third-order valence-corrected chi connectivity index (χ3v) is 10.6. The van der Waals surface area contributed by atoms with Gasteiger partial charge in [-0.05, 0) is 70.8 Å². The summed E-state index contributed by atoms with van der Waals surface area (Å²) in [6, 6.07) is 67.5. The molecule has 3 aromatic heterocycles. The fraction of sp³-hybridized carbons (Fsp3) is 0. The second-order valence-corrected chi connectivity index (χ2v) is 14.0. The summed E-state index contributed by atoms with van der Waals surface area (Å²) in [5, 5.41) is 4.55. The third kappa shape index (κ3) is 5.37. The van der Waals surface area contributed by atoms with Crippen LogP contribution in [0.5, 0.6) is 0 Å². The van der Waals surface area contributed by atoms with Crippen LogP contribution in [0.4, 0.5) is 0 Å². The van der Waals surface area contributed by atoms with Crippen molar-refractivity contribution >= 4 is 43.7 Å². The average Bonchev–Trinajstić information content (AvgIpc) is 3.82. The SMILES string of the molecule is c1ccc(-c2cccc(-c3nc(-c4ccccc4)nc(-c4ccc5c(c4)oc4ccc(-n6c7ccccc7c7c(-c8ccccc8)cccc76)cc45)n3)c2)cc1. The Labute approximate surface area is 322 Å². The quantitative estimate of drug-likeness (QED) is 0.172. The summed E-state index contributed by atoms with van der Waals surface area (Å²) in [4.78, 5) is 15.1. The van der Waals surface area contributed by atoms with Gasteiger partial charge in [0.1, 0.15) is 11.2 Å². The molecule has 5 heteroatoms. The van der Waals surface area contributed by atoms with Gasteiger partial charge in [0.25, 0.3) is 0 Å². The van der Waals surface area contributed by atoms with Crippen molar-refractivity contribution in [3.8, 4) is 62.1 Å². The molecule has 56 heavy (non-hydrogen) atoms. The topological polar surface area (TPSA) is 56.7 Å². The number of benzene rings is 8. The molecule has 0 aliphatic rings. The van der Waals surface area contributed by atoms with E-state index < -0.39 is 0 Å². The second-order valence-electron chi connectivity index (χ2n) is 14.0. The van der Waals surface area contributed by atoms with Crippen LogP contribution in [0.3, 0.4) is 0 Å². The van der Waals surface area contributed by atoms with Gasteiger partial charge in [0.2, 0.25) is 0 Å². The zero-order chi connectivity index (χ0) is 37.0. The highest BCUT2D eigenvalue weighted by atomic mass is 16.3. The lowest BCUT2D eigenvalue weighted by Crippen LogP contribution is -2.00. The van der Waals surface area contributed by atoms with Gasteiger partial charge in [0, 0.05) is 43.9 Å². The Morgan fingerprint density at radius 2 is 0.929 bits per heavy atom. The number of nitrogens with zero attached hydrogens (tertiary/aromatic N) is 4. The molecule has 0 radical (unpaired) electrons. The molecule has 0 unspecified atom stereocenters. The van der Waals surface area contributed by atoms with Gasteiger partial charge in [-0.2, -0.15) is 0 Å². The van der Waals surface area contributed by atoms with E-state index >= 15 is 0 Å². The van der Waals surface area contributed by atoms with Crippen LogP contribution in [-0.2, 0) is 0 Å². The third-order valence-electron chi connectivity index (χ3n) is 10.6. The lowest BCUT2D eigenvalue weighted by atomic mass is 9.99. The van der Waals surface area contributed by atoms with Crippen LogP contribution in [0.25, 0.3) is 106 Å². The molecule has 0 spiro atoms. The van der Waals surface area contributed by atoms with Gasteiger partial charge in [0.05, 0.1) is 11.0 Å². The van der Waals surface area contributed by atoms with Crippen LogP contribution in [0, 0.1) is 0 Å². The molecule has 5 nitrogen and oxygen atoms in total. The zero-order valence-corrected chi connectivity index (χ0v) is 30.2. The molecule has 11 rings (SSSR count). The van der Waals surface area contributed by atoms with Crippen molar-refractivity contribution in [3.63, 3.8) is 0 Å². The lowest BCUT2D eigenvalue weighted by molar-refractivity contribution is 0.669. The number of aromatic nitrogens is 4. The molecule has 0 aliphatic heterocycles. The number of hydrogen-bond acceptors (Lipinski definition) is 4. The Kier molecular flexibility index (Phi) is 7.42. The van der Waals surface area contributed by atoms with Crippen molar-refractivity contribution in [1.82, 2.24) is 19.5 Å². The van der Waals surface area contributed by atoms with Gasteiger partial charge < -0.3 is 8.98 Å². The Hall–Kier alpha value is -7.63. The molecular formula is C51H32N4O. The highest BCUT2D eigenvalue weighted by Gasteiger charge is 2.19. The Balaban J connectivity index is 1.04. The number of fused-ring (bicyclic) bond motifs is 6. The Bertz CT molecular complexity index is 3240. The van der Waals surface area contributed by atoms with Gasteiger partial charge >= 0.3 is 0 Å². The van der Waals surface area contributed by atoms with Crippen molar-refractivity contribution in [1.29, 1.82) is 0 Å². The van der Waals surface area contributed by atoms with E-state index in [1.165, 1.54) is 21.9 Å². The van der Waals surface area contributed by atoms with E-state index in [-0.39, 0.29) is 0 Å². The van der Waals surface area contributed by atoms with Crippen molar-refractivity contribution < 1.29 is 4.42 Å². The molecule has 0 N–H and O–H groups in total. The first-order chi connectivity index (χ1) is 27.7. The summed E-state index contributed by atoms with van der Waals surface area (Å²) in [6.45, 7) is 0. The maximum atomic E-state index is 6.55. The van der Waals surface area contributed by atoms with Crippen LogP contribution in [-0.4, -0.2) is 19.5 Å². The van der Waals surface area contributed by atoms with Crippen LogP contribution < -0.4 is 0 Å². The smallest absolute Gasteiger partial charge is 0.164 e. The summed E-state index contributed by atoms with van der Waals surface area (Å²) in [5.41, 5.74) is 12.4. The summed E-state index contributed by atoms with van der Waals surface area (Å²) in [6.07, 6.45) is 0. The molecular weight excluding hydrogens is 685 g/mol. The summed E-state index contributed by atoms with van der Waals surface area (Å²) >= 11 is 0. The van der Waals surface area contributed by atoms with Gasteiger partial charge in [-0.15, -0.1) is 0 Å². The minimum absolute atomic E-state index is 0.585. The summed E-state index contributed by atoms with van der Waals surface area (Å²) < 4.78 is 8.92. The van der Waals surface area contributed by atoms with Gasteiger partial charge in [-0.1, -0.05) is 146 Å². The molecule has 262 valence electrons. The van der Waals surface area contributed by atoms with Gasteiger partial charge in [-0.3, -0.25) is 0 Å². The molecule has 0 saturated carbocycles. The first-order valence-electron chi connectivity index (χ1n) is 18.8. The lowest BCUT2D eigenvalue weighted by Gasteiger charge is -2.10. The first-order valence-corrected chi connectivity index (χ1v) is 18.8. The molecule has 0 fully saturated rings. The second kappa shape index (κ2) is 13.0. The Morgan fingerprint density at radius 3 is 1.70 bits per heavy atom. The predicted octanol–water partition coefficient (Wildman–Crippen LogP) is 13.2. The largest absolute Gasteiger partial charge is 0.456 e. The highest BCUT2D eigenvalue weighted by Crippen LogP contribution is 2.40. The number of para-hydroxylation sites is 1. The van der Waals surface area contributed by atoms with E-state index in [1.807, 2.05) is 36.4 Å². The monoisotopic (exact) mass is 716 g/mol. The van der Waals surface area contributed by atoms with Gasteiger partial charge in [-0.25, -0.2) is 15.0 Å². The minimum Gasteiger partial charge on any atom is -0.456 e. The highest BCUT2D eigenvalue weighted by molar-refractivity contribution is 6.16. The molecule has 0 amide bonds. The van der Waals surface area contributed by atoms with E-state index in [1.54, 1.807) is 0 Å². The molecule has 0 saturated heterocycles. The maximum Gasteiger partial charge on any atom is 0.164 e. The van der Waals surface area contributed by atoms with E-state index in [4.69, 9.17) is 19.4 Å². The summed E-state index contributed by atoms with van der Waals surface area (Å²) in [7, 11) is 0. The van der Waals surface area contributed by atoms with Crippen molar-refractivity contribution in [2.75, 3.05) is 0 Å². The molecule has 0 bridgehead atoms. The van der Waals surface area contributed by atoms with Crippen LogP contribution in [0.2, 0.25) is 0 Å². The summed E-state index contributed by atoms with van der Waals surface area (Å²) in [5.74, 6) is 1.82. The van der Waals surface area contributed by atoms with Crippen molar-refractivity contribution in [2.24, 2.45) is 0 Å². The van der Waals surface area contributed by atoms with E-state index in [2.05, 4.69) is 162 Å². The van der Waals surface area contributed by atoms with Gasteiger partial charge in [0.15, 0.2) is 17.5 Å². The molecule has 0 aliphatic carbocycles. The number of hydrogen-bond donors (Lipinski definition) is 0.